The summed E-state index contributed by atoms with van der Waals surface area (Å²) in [5.41, 5.74) is 7.81. The maximum absolute atomic E-state index is 12.0. The van der Waals surface area contributed by atoms with E-state index < -0.39 is 6.04 Å². The Kier molecular flexibility index (Phi) is 5.31. The SMILES string of the molecule is COCC(N)C(=O)N(C)c1cccc(C(C)C)c1. The molecule has 2 N–H and O–H groups in total. The Morgan fingerprint density at radius 2 is 2.11 bits per heavy atom. The van der Waals surface area contributed by atoms with E-state index in [4.69, 9.17) is 10.5 Å². The van der Waals surface area contributed by atoms with Gasteiger partial charge in [-0.15, -0.1) is 0 Å². The molecule has 4 heteroatoms. The summed E-state index contributed by atoms with van der Waals surface area (Å²) < 4.78 is 4.90. The van der Waals surface area contributed by atoms with E-state index in [9.17, 15) is 4.79 Å². The Morgan fingerprint density at radius 1 is 1.44 bits per heavy atom. The Hall–Kier alpha value is -1.39. The number of rotatable bonds is 5. The molecule has 4 nitrogen and oxygen atoms in total. The lowest BCUT2D eigenvalue weighted by atomic mass is 10.0. The molecule has 0 spiro atoms. The van der Waals surface area contributed by atoms with E-state index in [1.54, 1.807) is 11.9 Å². The van der Waals surface area contributed by atoms with E-state index in [-0.39, 0.29) is 12.5 Å². The van der Waals surface area contributed by atoms with Gasteiger partial charge in [0.25, 0.3) is 0 Å². The van der Waals surface area contributed by atoms with Gasteiger partial charge in [-0.25, -0.2) is 0 Å². The number of carbonyl (C=O) groups is 1. The highest BCUT2D eigenvalue weighted by molar-refractivity contribution is 5.96. The first-order chi connectivity index (χ1) is 8.47. The van der Waals surface area contributed by atoms with E-state index >= 15 is 0 Å². The Bertz CT molecular complexity index is 405. The summed E-state index contributed by atoms with van der Waals surface area (Å²) in [6.45, 7) is 4.47. The van der Waals surface area contributed by atoms with E-state index in [2.05, 4.69) is 19.9 Å². The van der Waals surface area contributed by atoms with Crippen molar-refractivity contribution in [3.05, 3.63) is 29.8 Å². The van der Waals surface area contributed by atoms with Gasteiger partial charge in [0, 0.05) is 19.8 Å². The molecule has 1 unspecified atom stereocenters. The van der Waals surface area contributed by atoms with Crippen LogP contribution in [0.5, 0.6) is 0 Å². The van der Waals surface area contributed by atoms with Crippen LogP contribution in [-0.2, 0) is 9.53 Å². The van der Waals surface area contributed by atoms with Crippen molar-refractivity contribution in [2.75, 3.05) is 25.7 Å². The fraction of sp³-hybridized carbons (Fsp3) is 0.500. The van der Waals surface area contributed by atoms with Gasteiger partial charge in [0.1, 0.15) is 6.04 Å². The summed E-state index contributed by atoms with van der Waals surface area (Å²) in [5.74, 6) is 0.291. The zero-order valence-corrected chi connectivity index (χ0v) is 11.5. The summed E-state index contributed by atoms with van der Waals surface area (Å²) in [4.78, 5) is 13.6. The quantitative estimate of drug-likeness (QED) is 0.866. The van der Waals surface area contributed by atoms with Crippen molar-refractivity contribution in [1.82, 2.24) is 0 Å². The van der Waals surface area contributed by atoms with Crippen molar-refractivity contribution in [3.63, 3.8) is 0 Å². The second kappa shape index (κ2) is 6.52. The van der Waals surface area contributed by atoms with Crippen LogP contribution in [0.1, 0.15) is 25.3 Å². The molecule has 1 atom stereocenters. The monoisotopic (exact) mass is 250 g/mol. The van der Waals surface area contributed by atoms with Crippen LogP contribution >= 0.6 is 0 Å². The third kappa shape index (κ3) is 3.55. The Labute approximate surface area is 109 Å². The number of carbonyl (C=O) groups excluding carboxylic acids is 1. The van der Waals surface area contributed by atoms with Crippen molar-refractivity contribution < 1.29 is 9.53 Å². The summed E-state index contributed by atoms with van der Waals surface area (Å²) in [5, 5.41) is 0. The van der Waals surface area contributed by atoms with Crippen LogP contribution < -0.4 is 10.6 Å². The maximum Gasteiger partial charge on any atom is 0.246 e. The predicted octanol–water partition coefficient (Wildman–Crippen LogP) is 1.75. The number of hydrogen-bond acceptors (Lipinski definition) is 3. The van der Waals surface area contributed by atoms with E-state index in [0.29, 0.717) is 5.92 Å². The number of anilines is 1. The van der Waals surface area contributed by atoms with Gasteiger partial charge in [-0.3, -0.25) is 4.79 Å². The molecule has 1 aromatic carbocycles. The zero-order chi connectivity index (χ0) is 13.7. The normalized spacial score (nSPS) is 12.6. The van der Waals surface area contributed by atoms with Gasteiger partial charge in [0.05, 0.1) is 6.61 Å². The smallest absolute Gasteiger partial charge is 0.246 e. The van der Waals surface area contributed by atoms with Crippen molar-refractivity contribution in [2.24, 2.45) is 5.73 Å². The standard InChI is InChI=1S/C14H22N2O2/c1-10(2)11-6-5-7-12(8-11)16(3)14(17)13(15)9-18-4/h5-8,10,13H,9,15H2,1-4H3. The predicted molar refractivity (Wildman–Crippen MR) is 73.8 cm³/mol. The number of ether oxygens (including phenoxy) is 1. The van der Waals surface area contributed by atoms with E-state index in [0.717, 1.165) is 5.69 Å². The van der Waals surface area contributed by atoms with Gasteiger partial charge in [-0.2, -0.15) is 0 Å². The summed E-state index contributed by atoms with van der Waals surface area (Å²) in [6.07, 6.45) is 0. The molecule has 1 amide bonds. The zero-order valence-electron chi connectivity index (χ0n) is 11.5. The lowest BCUT2D eigenvalue weighted by Crippen LogP contribution is -2.44. The molecule has 0 aliphatic heterocycles. The third-order valence-electron chi connectivity index (χ3n) is 2.92. The van der Waals surface area contributed by atoms with Crippen molar-refractivity contribution in [1.29, 1.82) is 0 Å². The van der Waals surface area contributed by atoms with Crippen molar-refractivity contribution in [3.8, 4) is 0 Å². The topological polar surface area (TPSA) is 55.6 Å². The number of nitrogens with two attached hydrogens (primary N) is 1. The number of likely N-dealkylation sites (N-methyl/N-ethyl adjacent to an activating group) is 1. The van der Waals surface area contributed by atoms with Gasteiger partial charge in [0.15, 0.2) is 0 Å². The summed E-state index contributed by atoms with van der Waals surface area (Å²) >= 11 is 0. The lowest BCUT2D eigenvalue weighted by molar-refractivity contribution is -0.120. The molecule has 0 saturated carbocycles. The highest BCUT2D eigenvalue weighted by Crippen LogP contribution is 2.21. The molecule has 1 aromatic rings. The Balaban J connectivity index is 2.86. The largest absolute Gasteiger partial charge is 0.383 e. The third-order valence-corrected chi connectivity index (χ3v) is 2.92. The Morgan fingerprint density at radius 3 is 2.67 bits per heavy atom. The minimum atomic E-state index is -0.622. The molecule has 0 aromatic heterocycles. The van der Waals surface area contributed by atoms with E-state index in [1.165, 1.54) is 12.7 Å². The highest BCUT2D eigenvalue weighted by Gasteiger charge is 2.19. The average molecular weight is 250 g/mol. The van der Waals surface area contributed by atoms with Crippen molar-refractivity contribution in [2.45, 2.75) is 25.8 Å². The molecule has 0 fully saturated rings. The van der Waals surface area contributed by atoms with Crippen LogP contribution in [0, 0.1) is 0 Å². The molecule has 0 aliphatic rings. The van der Waals surface area contributed by atoms with Crippen LogP contribution in [0.2, 0.25) is 0 Å². The van der Waals surface area contributed by atoms with Crippen LogP contribution in [0.3, 0.4) is 0 Å². The van der Waals surface area contributed by atoms with Crippen LogP contribution in [0.4, 0.5) is 5.69 Å². The lowest BCUT2D eigenvalue weighted by Gasteiger charge is -2.22. The van der Waals surface area contributed by atoms with Crippen LogP contribution in [0.15, 0.2) is 24.3 Å². The molecular formula is C14H22N2O2. The molecule has 0 radical (unpaired) electrons. The second-order valence-electron chi connectivity index (χ2n) is 4.71. The molecule has 1 rings (SSSR count). The molecule has 0 bridgehead atoms. The average Bonchev–Trinajstić information content (AvgIpc) is 2.37. The fourth-order valence-electron chi connectivity index (χ4n) is 1.72. The summed E-state index contributed by atoms with van der Waals surface area (Å²) in [7, 11) is 3.27. The van der Waals surface area contributed by atoms with Gasteiger partial charge < -0.3 is 15.4 Å². The van der Waals surface area contributed by atoms with Gasteiger partial charge in [-0.05, 0) is 23.6 Å². The van der Waals surface area contributed by atoms with Gasteiger partial charge in [0.2, 0.25) is 5.91 Å². The van der Waals surface area contributed by atoms with Crippen LogP contribution in [0.25, 0.3) is 0 Å². The minimum Gasteiger partial charge on any atom is -0.383 e. The van der Waals surface area contributed by atoms with Gasteiger partial charge in [-0.1, -0.05) is 26.0 Å². The highest BCUT2D eigenvalue weighted by atomic mass is 16.5. The van der Waals surface area contributed by atoms with Crippen molar-refractivity contribution >= 4 is 11.6 Å². The van der Waals surface area contributed by atoms with Gasteiger partial charge >= 0.3 is 0 Å². The number of hydrogen-bond donors (Lipinski definition) is 1. The first-order valence-corrected chi connectivity index (χ1v) is 6.09. The minimum absolute atomic E-state index is 0.141. The number of amides is 1. The molecular weight excluding hydrogens is 228 g/mol. The van der Waals surface area contributed by atoms with E-state index in [1.807, 2.05) is 18.2 Å². The first kappa shape index (κ1) is 14.7. The first-order valence-electron chi connectivity index (χ1n) is 6.09. The second-order valence-corrected chi connectivity index (χ2v) is 4.71. The number of benzene rings is 1. The summed E-state index contributed by atoms with van der Waals surface area (Å²) in [6, 6.07) is 7.31. The number of nitrogens with zero attached hydrogens (tertiary/aromatic N) is 1. The molecule has 18 heavy (non-hydrogen) atoms. The fourth-order valence-corrected chi connectivity index (χ4v) is 1.72. The van der Waals surface area contributed by atoms with Crippen LogP contribution in [-0.4, -0.2) is 32.7 Å². The molecule has 0 heterocycles. The molecule has 0 aliphatic carbocycles. The number of methoxy groups -OCH3 is 1. The molecule has 0 saturated heterocycles. The maximum atomic E-state index is 12.0. The molecule has 100 valence electrons.